The number of hydrogen-bond acceptors (Lipinski definition) is 2. The molecule has 0 fully saturated rings. The van der Waals surface area contributed by atoms with E-state index in [1.54, 1.807) is 0 Å². The second-order valence-electron chi connectivity index (χ2n) is 10.2. The van der Waals surface area contributed by atoms with Crippen molar-refractivity contribution in [2.24, 2.45) is 0 Å². The Labute approximate surface area is 240 Å². The summed E-state index contributed by atoms with van der Waals surface area (Å²) in [6.45, 7) is 2.14. The van der Waals surface area contributed by atoms with Crippen molar-refractivity contribution in [1.29, 1.82) is 0 Å². The summed E-state index contributed by atoms with van der Waals surface area (Å²) in [6.07, 6.45) is 0. The molecule has 1 heterocycles. The Morgan fingerprint density at radius 1 is 0.463 bits per heavy atom. The molecule has 0 radical (unpaired) electrons. The van der Waals surface area contributed by atoms with Crippen LogP contribution in [0.5, 0.6) is 0 Å². The fourth-order valence-electron chi connectivity index (χ4n) is 5.63. The highest BCUT2D eigenvalue weighted by Crippen LogP contribution is 2.43. The largest absolute Gasteiger partial charge is 0.456 e. The standard InChI is InChI=1S/C39H29NO/c1-28-35-19-9-11-22-38(35)41-39(28)32-17-12-18-34(27-32)40(33-25-23-30(24-26-33)29-13-4-2-5-14-29)37-21-10-8-20-36(37)31-15-6-3-7-16-31/h2-27H,1H3. The molecule has 0 saturated carbocycles. The minimum atomic E-state index is 0.906. The highest BCUT2D eigenvalue weighted by atomic mass is 16.3. The van der Waals surface area contributed by atoms with E-state index in [0.717, 1.165) is 44.9 Å². The molecule has 0 spiro atoms. The van der Waals surface area contributed by atoms with Crippen LogP contribution < -0.4 is 4.90 Å². The molecule has 196 valence electrons. The number of anilines is 3. The van der Waals surface area contributed by atoms with E-state index in [-0.39, 0.29) is 0 Å². The highest BCUT2D eigenvalue weighted by molar-refractivity contribution is 5.91. The van der Waals surface area contributed by atoms with Gasteiger partial charge in [0, 0.05) is 33.5 Å². The van der Waals surface area contributed by atoms with Gasteiger partial charge in [0.2, 0.25) is 0 Å². The molecule has 0 aliphatic heterocycles. The molecule has 0 aliphatic rings. The van der Waals surface area contributed by atoms with E-state index >= 15 is 0 Å². The molecule has 0 bridgehead atoms. The Balaban J connectivity index is 1.39. The predicted molar refractivity (Wildman–Crippen MR) is 172 cm³/mol. The Bertz CT molecular complexity index is 1940. The van der Waals surface area contributed by atoms with Gasteiger partial charge in [-0.3, -0.25) is 0 Å². The number of rotatable bonds is 6. The van der Waals surface area contributed by atoms with E-state index in [2.05, 4.69) is 157 Å². The molecule has 6 aromatic carbocycles. The number of hydrogen-bond donors (Lipinski definition) is 0. The van der Waals surface area contributed by atoms with Crippen LogP contribution in [-0.2, 0) is 0 Å². The SMILES string of the molecule is Cc1c(-c2cccc(N(c3ccc(-c4ccccc4)cc3)c3ccccc3-c3ccccc3)c2)oc2ccccc12. The van der Waals surface area contributed by atoms with Gasteiger partial charge >= 0.3 is 0 Å². The van der Waals surface area contributed by atoms with Crippen molar-refractivity contribution in [1.82, 2.24) is 0 Å². The predicted octanol–water partition coefficient (Wildman–Crippen LogP) is 11.2. The number of fused-ring (bicyclic) bond motifs is 1. The zero-order valence-electron chi connectivity index (χ0n) is 22.9. The first-order valence-corrected chi connectivity index (χ1v) is 13.9. The van der Waals surface area contributed by atoms with E-state index in [0.29, 0.717) is 0 Å². The normalized spacial score (nSPS) is 11.0. The minimum absolute atomic E-state index is 0.906. The van der Waals surface area contributed by atoms with E-state index in [4.69, 9.17) is 4.42 Å². The summed E-state index contributed by atoms with van der Waals surface area (Å²) in [7, 11) is 0. The van der Waals surface area contributed by atoms with Gasteiger partial charge in [-0.25, -0.2) is 0 Å². The van der Waals surface area contributed by atoms with Crippen molar-refractivity contribution >= 4 is 28.0 Å². The molecule has 0 saturated heterocycles. The van der Waals surface area contributed by atoms with Crippen molar-refractivity contribution in [3.8, 4) is 33.6 Å². The van der Waals surface area contributed by atoms with Gasteiger partial charge in [0.1, 0.15) is 11.3 Å². The molecule has 0 N–H and O–H groups in total. The van der Waals surface area contributed by atoms with Crippen molar-refractivity contribution in [3.63, 3.8) is 0 Å². The van der Waals surface area contributed by atoms with E-state index in [1.165, 1.54) is 22.3 Å². The Kier molecular flexibility index (Phi) is 6.42. The molecule has 0 aliphatic carbocycles. The quantitative estimate of drug-likeness (QED) is 0.214. The lowest BCUT2D eigenvalue weighted by Crippen LogP contribution is -2.11. The minimum Gasteiger partial charge on any atom is -0.456 e. The molecular formula is C39H29NO. The lowest BCUT2D eigenvalue weighted by atomic mass is 10.0. The third kappa shape index (κ3) is 4.70. The summed E-state index contributed by atoms with van der Waals surface area (Å²) >= 11 is 0. The van der Waals surface area contributed by atoms with Crippen LogP contribution in [0.4, 0.5) is 17.1 Å². The summed E-state index contributed by atoms with van der Waals surface area (Å²) in [5, 5.41) is 1.15. The first-order valence-electron chi connectivity index (χ1n) is 13.9. The molecule has 0 amide bonds. The second-order valence-corrected chi connectivity index (χ2v) is 10.2. The third-order valence-corrected chi connectivity index (χ3v) is 7.67. The van der Waals surface area contributed by atoms with Crippen LogP contribution in [-0.4, -0.2) is 0 Å². The fourth-order valence-corrected chi connectivity index (χ4v) is 5.63. The summed E-state index contributed by atoms with van der Waals surface area (Å²) < 4.78 is 6.37. The van der Waals surface area contributed by atoms with Gasteiger partial charge in [0.15, 0.2) is 0 Å². The van der Waals surface area contributed by atoms with Crippen molar-refractivity contribution in [2.75, 3.05) is 4.90 Å². The average Bonchev–Trinajstić information content (AvgIpc) is 3.39. The van der Waals surface area contributed by atoms with Crippen LogP contribution in [0.25, 0.3) is 44.5 Å². The summed E-state index contributed by atoms with van der Waals surface area (Å²) in [6, 6.07) is 55.5. The van der Waals surface area contributed by atoms with Crippen LogP contribution in [0.3, 0.4) is 0 Å². The van der Waals surface area contributed by atoms with E-state index in [9.17, 15) is 0 Å². The summed E-state index contributed by atoms with van der Waals surface area (Å²) in [4.78, 5) is 2.35. The first kappa shape index (κ1) is 24.7. The summed E-state index contributed by atoms with van der Waals surface area (Å²) in [5.74, 6) is 0.906. The van der Waals surface area contributed by atoms with Gasteiger partial charge in [-0.2, -0.15) is 0 Å². The van der Waals surface area contributed by atoms with Gasteiger partial charge in [-0.1, -0.05) is 121 Å². The molecule has 41 heavy (non-hydrogen) atoms. The van der Waals surface area contributed by atoms with Crippen LogP contribution in [0, 0.1) is 6.92 Å². The maximum Gasteiger partial charge on any atom is 0.138 e. The lowest BCUT2D eigenvalue weighted by Gasteiger charge is -2.28. The third-order valence-electron chi connectivity index (χ3n) is 7.67. The molecule has 0 unspecified atom stereocenters. The number of benzene rings is 6. The van der Waals surface area contributed by atoms with E-state index < -0.39 is 0 Å². The Morgan fingerprint density at radius 3 is 1.83 bits per heavy atom. The zero-order chi connectivity index (χ0) is 27.6. The highest BCUT2D eigenvalue weighted by Gasteiger charge is 2.19. The van der Waals surface area contributed by atoms with Gasteiger partial charge in [-0.15, -0.1) is 0 Å². The first-order chi connectivity index (χ1) is 20.3. The van der Waals surface area contributed by atoms with Gasteiger partial charge < -0.3 is 9.32 Å². The fraction of sp³-hybridized carbons (Fsp3) is 0.0256. The van der Waals surface area contributed by atoms with Gasteiger partial charge in [0.05, 0.1) is 5.69 Å². The molecule has 0 atom stereocenters. The van der Waals surface area contributed by atoms with Crippen LogP contribution in [0.1, 0.15) is 5.56 Å². The number of nitrogens with zero attached hydrogens (tertiary/aromatic N) is 1. The van der Waals surface area contributed by atoms with Crippen LogP contribution in [0.2, 0.25) is 0 Å². The van der Waals surface area contributed by atoms with Crippen molar-refractivity contribution in [3.05, 3.63) is 163 Å². The molecule has 7 aromatic rings. The molecule has 1 aromatic heterocycles. The topological polar surface area (TPSA) is 16.4 Å². The van der Waals surface area contributed by atoms with Gasteiger partial charge in [0.25, 0.3) is 0 Å². The number of para-hydroxylation sites is 2. The molecule has 2 heteroatoms. The van der Waals surface area contributed by atoms with Crippen molar-refractivity contribution in [2.45, 2.75) is 6.92 Å². The van der Waals surface area contributed by atoms with Gasteiger partial charge in [-0.05, 0) is 60.0 Å². The van der Waals surface area contributed by atoms with E-state index in [1.807, 2.05) is 12.1 Å². The maximum atomic E-state index is 6.37. The molecular weight excluding hydrogens is 498 g/mol. The van der Waals surface area contributed by atoms with Crippen LogP contribution in [0.15, 0.2) is 162 Å². The Morgan fingerprint density at radius 2 is 1.07 bits per heavy atom. The zero-order valence-corrected chi connectivity index (χ0v) is 22.9. The number of aryl methyl sites for hydroxylation is 1. The second kappa shape index (κ2) is 10.7. The van der Waals surface area contributed by atoms with Crippen molar-refractivity contribution < 1.29 is 4.42 Å². The monoisotopic (exact) mass is 527 g/mol. The average molecular weight is 528 g/mol. The molecule has 2 nitrogen and oxygen atoms in total. The lowest BCUT2D eigenvalue weighted by molar-refractivity contribution is 0.629. The summed E-state index contributed by atoms with van der Waals surface area (Å²) in [5.41, 5.74) is 11.1. The smallest absolute Gasteiger partial charge is 0.138 e. The Hall–Kier alpha value is -5.34. The van der Waals surface area contributed by atoms with Crippen LogP contribution >= 0.6 is 0 Å². The maximum absolute atomic E-state index is 6.37. The molecule has 7 rings (SSSR count). The number of furan rings is 1.